The van der Waals surface area contributed by atoms with Crippen molar-refractivity contribution in [3.8, 4) is 0 Å². The summed E-state index contributed by atoms with van der Waals surface area (Å²) in [6.45, 7) is 2.99. The number of nitrogens with zero attached hydrogens (tertiary/aromatic N) is 2. The summed E-state index contributed by atoms with van der Waals surface area (Å²) in [5.41, 5.74) is 0.935. The van der Waals surface area contributed by atoms with E-state index < -0.39 is 10.2 Å². The number of rotatable bonds is 5. The number of piperidine rings is 1. The molecule has 0 aliphatic carbocycles. The second-order valence-corrected chi connectivity index (χ2v) is 6.39. The van der Waals surface area contributed by atoms with Gasteiger partial charge in [-0.3, -0.25) is 0 Å². The average Bonchev–Trinajstić information content (AvgIpc) is 2.82. The molecule has 1 atom stereocenters. The Kier molecular flexibility index (Phi) is 4.36. The van der Waals surface area contributed by atoms with Gasteiger partial charge < -0.3 is 4.98 Å². The predicted molar refractivity (Wildman–Crippen MR) is 69.2 cm³/mol. The molecule has 7 heteroatoms. The highest BCUT2D eigenvalue weighted by molar-refractivity contribution is 7.87. The van der Waals surface area contributed by atoms with Gasteiger partial charge in [0.2, 0.25) is 0 Å². The zero-order valence-electron chi connectivity index (χ0n) is 10.6. The molecule has 2 N–H and O–H groups in total. The van der Waals surface area contributed by atoms with Crippen LogP contribution in [0.25, 0.3) is 0 Å². The van der Waals surface area contributed by atoms with E-state index in [2.05, 4.69) is 14.7 Å². The largest absolute Gasteiger partial charge is 0.348 e. The van der Waals surface area contributed by atoms with Crippen molar-refractivity contribution in [2.45, 2.75) is 38.6 Å². The fourth-order valence-electron chi connectivity index (χ4n) is 2.25. The Balaban J connectivity index is 1.86. The van der Waals surface area contributed by atoms with Crippen molar-refractivity contribution < 1.29 is 8.42 Å². The molecule has 0 aromatic carbocycles. The van der Waals surface area contributed by atoms with Crippen molar-refractivity contribution in [2.24, 2.45) is 0 Å². The normalized spacial score (nSPS) is 22.2. The SMILES string of the molecule is CC1CCCCN1S(=O)(=O)NCCc1cnc[nH]1. The molecular weight excluding hydrogens is 252 g/mol. The molecular formula is C11H20N4O2S. The molecule has 2 rings (SSSR count). The van der Waals surface area contributed by atoms with Gasteiger partial charge in [0.25, 0.3) is 10.2 Å². The van der Waals surface area contributed by atoms with Gasteiger partial charge in [0, 0.05) is 37.4 Å². The van der Waals surface area contributed by atoms with Crippen LogP contribution in [0.3, 0.4) is 0 Å². The molecule has 102 valence electrons. The summed E-state index contributed by atoms with van der Waals surface area (Å²) in [6.07, 6.45) is 6.93. The van der Waals surface area contributed by atoms with E-state index in [1.54, 1.807) is 16.8 Å². The van der Waals surface area contributed by atoms with Gasteiger partial charge in [0.1, 0.15) is 0 Å². The van der Waals surface area contributed by atoms with Crippen molar-refractivity contribution >= 4 is 10.2 Å². The summed E-state index contributed by atoms with van der Waals surface area (Å²) in [6, 6.07) is 0.100. The van der Waals surface area contributed by atoms with Crippen LogP contribution >= 0.6 is 0 Å². The zero-order valence-corrected chi connectivity index (χ0v) is 11.4. The third-order valence-electron chi connectivity index (χ3n) is 3.28. The van der Waals surface area contributed by atoms with Crippen LogP contribution in [0.4, 0.5) is 0 Å². The minimum Gasteiger partial charge on any atom is -0.348 e. The molecule has 1 aromatic rings. The summed E-state index contributed by atoms with van der Waals surface area (Å²) in [5.74, 6) is 0. The molecule has 1 saturated heterocycles. The van der Waals surface area contributed by atoms with E-state index in [-0.39, 0.29) is 6.04 Å². The van der Waals surface area contributed by atoms with Crippen LogP contribution in [-0.2, 0) is 16.6 Å². The van der Waals surface area contributed by atoms with Gasteiger partial charge in [0.05, 0.1) is 6.33 Å². The van der Waals surface area contributed by atoms with Crippen LogP contribution in [0.15, 0.2) is 12.5 Å². The van der Waals surface area contributed by atoms with Gasteiger partial charge >= 0.3 is 0 Å². The van der Waals surface area contributed by atoms with Crippen molar-refractivity contribution in [3.63, 3.8) is 0 Å². The Morgan fingerprint density at radius 2 is 2.39 bits per heavy atom. The number of nitrogens with one attached hydrogen (secondary N) is 2. The lowest BCUT2D eigenvalue weighted by atomic mass is 10.1. The lowest BCUT2D eigenvalue weighted by molar-refractivity contribution is 0.265. The van der Waals surface area contributed by atoms with E-state index in [4.69, 9.17) is 0 Å². The molecule has 1 aliphatic heterocycles. The number of hydrogen-bond donors (Lipinski definition) is 2. The van der Waals surface area contributed by atoms with Crippen LogP contribution in [-0.4, -0.2) is 41.8 Å². The van der Waals surface area contributed by atoms with Crippen molar-refractivity contribution in [3.05, 3.63) is 18.2 Å². The topological polar surface area (TPSA) is 78.1 Å². The van der Waals surface area contributed by atoms with Crippen molar-refractivity contribution in [1.29, 1.82) is 0 Å². The van der Waals surface area contributed by atoms with Gasteiger partial charge in [-0.1, -0.05) is 6.42 Å². The quantitative estimate of drug-likeness (QED) is 0.826. The number of H-pyrrole nitrogens is 1. The zero-order chi connectivity index (χ0) is 13.0. The lowest BCUT2D eigenvalue weighted by Crippen LogP contribution is -2.48. The first kappa shape index (κ1) is 13.5. The van der Waals surface area contributed by atoms with Crippen LogP contribution in [0, 0.1) is 0 Å². The fraction of sp³-hybridized carbons (Fsp3) is 0.727. The molecule has 0 saturated carbocycles. The first-order valence-corrected chi connectivity index (χ1v) is 7.77. The summed E-state index contributed by atoms with van der Waals surface area (Å²) >= 11 is 0. The minimum atomic E-state index is -3.34. The van der Waals surface area contributed by atoms with E-state index >= 15 is 0 Å². The highest BCUT2D eigenvalue weighted by Gasteiger charge is 2.28. The Morgan fingerprint density at radius 3 is 3.06 bits per heavy atom. The summed E-state index contributed by atoms with van der Waals surface area (Å²) in [5, 5.41) is 0. The van der Waals surface area contributed by atoms with E-state index in [9.17, 15) is 8.42 Å². The Labute approximate surface area is 108 Å². The number of imidazole rings is 1. The lowest BCUT2D eigenvalue weighted by Gasteiger charge is -2.32. The first-order valence-electron chi connectivity index (χ1n) is 6.33. The molecule has 6 nitrogen and oxygen atoms in total. The molecule has 1 fully saturated rings. The second-order valence-electron chi connectivity index (χ2n) is 4.68. The Hall–Kier alpha value is -0.920. The van der Waals surface area contributed by atoms with Crippen LogP contribution in [0.1, 0.15) is 31.9 Å². The summed E-state index contributed by atoms with van der Waals surface area (Å²) in [4.78, 5) is 6.85. The van der Waals surface area contributed by atoms with Crippen molar-refractivity contribution in [2.75, 3.05) is 13.1 Å². The molecule has 18 heavy (non-hydrogen) atoms. The highest BCUT2D eigenvalue weighted by atomic mass is 32.2. The molecule has 0 radical (unpaired) electrons. The first-order chi connectivity index (χ1) is 8.59. The maximum atomic E-state index is 12.1. The summed E-state index contributed by atoms with van der Waals surface area (Å²) < 4.78 is 28.4. The van der Waals surface area contributed by atoms with Gasteiger partial charge in [-0.25, -0.2) is 9.71 Å². The fourth-order valence-corrected chi connectivity index (χ4v) is 3.72. The third-order valence-corrected chi connectivity index (χ3v) is 5.01. The molecule has 0 spiro atoms. The van der Waals surface area contributed by atoms with E-state index in [1.165, 1.54) is 0 Å². The second kappa shape index (κ2) is 5.81. The molecule has 0 amide bonds. The monoisotopic (exact) mass is 272 g/mol. The van der Waals surface area contributed by atoms with E-state index in [0.717, 1.165) is 25.0 Å². The van der Waals surface area contributed by atoms with Crippen LogP contribution in [0.2, 0.25) is 0 Å². The maximum absolute atomic E-state index is 12.1. The number of aromatic amines is 1. The molecule has 0 bridgehead atoms. The Bertz CT molecular complexity index is 457. The molecule has 1 unspecified atom stereocenters. The van der Waals surface area contributed by atoms with Gasteiger partial charge in [-0.05, 0) is 19.8 Å². The molecule has 2 heterocycles. The minimum absolute atomic E-state index is 0.100. The van der Waals surface area contributed by atoms with Gasteiger partial charge in [-0.2, -0.15) is 12.7 Å². The van der Waals surface area contributed by atoms with Gasteiger partial charge in [0.15, 0.2) is 0 Å². The van der Waals surface area contributed by atoms with Crippen molar-refractivity contribution in [1.82, 2.24) is 19.0 Å². The number of aromatic nitrogens is 2. The van der Waals surface area contributed by atoms with Crippen LogP contribution in [0.5, 0.6) is 0 Å². The molecule has 1 aliphatic rings. The third kappa shape index (κ3) is 3.30. The average molecular weight is 272 g/mol. The maximum Gasteiger partial charge on any atom is 0.279 e. The van der Waals surface area contributed by atoms with E-state index in [0.29, 0.717) is 19.5 Å². The Morgan fingerprint density at radius 1 is 1.56 bits per heavy atom. The highest BCUT2D eigenvalue weighted by Crippen LogP contribution is 2.18. The van der Waals surface area contributed by atoms with Crippen LogP contribution < -0.4 is 4.72 Å². The van der Waals surface area contributed by atoms with Gasteiger partial charge in [-0.15, -0.1) is 0 Å². The summed E-state index contributed by atoms with van der Waals surface area (Å²) in [7, 11) is -3.34. The molecule has 1 aromatic heterocycles. The predicted octanol–water partition coefficient (Wildman–Crippen LogP) is 0.661. The smallest absolute Gasteiger partial charge is 0.279 e. The standard InChI is InChI=1S/C11H20N4O2S/c1-10-4-2-3-7-15(10)18(16,17)14-6-5-11-8-12-9-13-11/h8-10,14H,2-7H2,1H3,(H,12,13). The number of hydrogen-bond acceptors (Lipinski definition) is 3. The van der Waals surface area contributed by atoms with E-state index in [1.807, 2.05) is 6.92 Å².